The number of hydrogen-bond donors (Lipinski definition) is 2. The van der Waals surface area contributed by atoms with E-state index in [-0.39, 0.29) is 37.5 Å². The van der Waals surface area contributed by atoms with Gasteiger partial charge in [0.1, 0.15) is 5.78 Å². The summed E-state index contributed by atoms with van der Waals surface area (Å²) in [6.45, 7) is 0.0559. The lowest BCUT2D eigenvalue weighted by atomic mass is 9.91. The van der Waals surface area contributed by atoms with Crippen LogP contribution >= 0.6 is 15.9 Å². The second-order valence-electron chi connectivity index (χ2n) is 6.37. The first kappa shape index (κ1) is 20.8. The average molecular weight is 432 g/mol. The van der Waals surface area contributed by atoms with Gasteiger partial charge in [0.25, 0.3) is 0 Å². The van der Waals surface area contributed by atoms with Gasteiger partial charge in [-0.15, -0.1) is 0 Å². The Morgan fingerprint density at radius 3 is 2.26 bits per heavy atom. The predicted molar refractivity (Wildman–Crippen MR) is 106 cm³/mol. The second kappa shape index (κ2) is 10.6. The molecule has 142 valence electrons. The Morgan fingerprint density at radius 2 is 1.63 bits per heavy atom. The smallest absolute Gasteiger partial charge is 0.305 e. The molecule has 0 heterocycles. The minimum atomic E-state index is -0.971. The third-order valence-corrected chi connectivity index (χ3v) is 4.65. The van der Waals surface area contributed by atoms with Crippen LogP contribution in [-0.4, -0.2) is 29.3 Å². The normalized spacial score (nSPS) is 11.6. The number of carbonyl (C=O) groups is 3. The molecular formula is C21H22BrNO4. The molecule has 0 aliphatic heterocycles. The Bertz CT molecular complexity index is 775. The molecular weight excluding hydrogens is 410 g/mol. The van der Waals surface area contributed by atoms with Crippen molar-refractivity contribution in [3.05, 3.63) is 70.2 Å². The van der Waals surface area contributed by atoms with E-state index < -0.39 is 11.9 Å². The number of carboxylic acids is 1. The molecule has 0 aliphatic rings. The van der Waals surface area contributed by atoms with Crippen molar-refractivity contribution in [2.24, 2.45) is 5.92 Å². The monoisotopic (exact) mass is 431 g/mol. The van der Waals surface area contributed by atoms with Crippen LogP contribution in [0.15, 0.2) is 59.1 Å². The lowest BCUT2D eigenvalue weighted by Crippen LogP contribution is -2.34. The summed E-state index contributed by atoms with van der Waals surface area (Å²) in [5.41, 5.74) is 1.86. The van der Waals surface area contributed by atoms with Crippen LogP contribution in [0.1, 0.15) is 24.0 Å². The fourth-order valence-corrected chi connectivity index (χ4v) is 3.03. The van der Waals surface area contributed by atoms with E-state index in [1.807, 2.05) is 54.6 Å². The van der Waals surface area contributed by atoms with Crippen molar-refractivity contribution in [2.75, 3.05) is 6.54 Å². The number of halogens is 1. The molecule has 5 nitrogen and oxygen atoms in total. The standard InChI is InChI=1S/C21H22BrNO4/c22-18-8-6-16(7-9-18)13-19(24)14-17(12-15-4-2-1-3-5-15)21(27)23-11-10-20(25)26/h1-9,17H,10-14H2,(H,23,27)(H,25,26)/t17-/m1/s1. The molecule has 0 bridgehead atoms. The maximum atomic E-state index is 12.5. The van der Waals surface area contributed by atoms with E-state index in [2.05, 4.69) is 21.2 Å². The van der Waals surface area contributed by atoms with Gasteiger partial charge in [-0.25, -0.2) is 0 Å². The summed E-state index contributed by atoms with van der Waals surface area (Å²) in [6, 6.07) is 17.0. The number of Topliss-reactive ketones (excluding diaryl/α,β-unsaturated/α-hetero) is 1. The van der Waals surface area contributed by atoms with Crippen LogP contribution in [0.25, 0.3) is 0 Å². The van der Waals surface area contributed by atoms with E-state index in [4.69, 9.17) is 5.11 Å². The number of amides is 1. The summed E-state index contributed by atoms with van der Waals surface area (Å²) >= 11 is 3.36. The molecule has 6 heteroatoms. The third kappa shape index (κ3) is 7.74. The molecule has 2 aromatic carbocycles. The van der Waals surface area contributed by atoms with Gasteiger partial charge in [0.05, 0.1) is 6.42 Å². The summed E-state index contributed by atoms with van der Waals surface area (Å²) < 4.78 is 0.943. The van der Waals surface area contributed by atoms with Gasteiger partial charge in [-0.05, 0) is 29.7 Å². The van der Waals surface area contributed by atoms with Crippen molar-refractivity contribution in [3.63, 3.8) is 0 Å². The fourth-order valence-electron chi connectivity index (χ4n) is 2.77. The SMILES string of the molecule is O=C(O)CCNC(=O)[C@@H](CC(=O)Cc1ccc(Br)cc1)Cc1ccccc1. The maximum absolute atomic E-state index is 12.5. The Labute approximate surface area is 166 Å². The third-order valence-electron chi connectivity index (χ3n) is 4.12. The summed E-state index contributed by atoms with van der Waals surface area (Å²) in [4.78, 5) is 35.6. The van der Waals surface area contributed by atoms with Crippen molar-refractivity contribution in [3.8, 4) is 0 Å². The molecule has 0 saturated carbocycles. The summed E-state index contributed by atoms with van der Waals surface area (Å²) in [7, 11) is 0. The average Bonchev–Trinajstić information content (AvgIpc) is 2.63. The van der Waals surface area contributed by atoms with Crippen LogP contribution in [0.3, 0.4) is 0 Å². The molecule has 0 aromatic heterocycles. The number of benzene rings is 2. The summed E-state index contributed by atoms with van der Waals surface area (Å²) in [6.07, 6.45) is 0.674. The molecule has 2 aromatic rings. The largest absolute Gasteiger partial charge is 0.481 e. The van der Waals surface area contributed by atoms with Crippen molar-refractivity contribution in [2.45, 2.75) is 25.7 Å². The number of nitrogens with one attached hydrogen (secondary N) is 1. The van der Waals surface area contributed by atoms with Crippen molar-refractivity contribution < 1.29 is 19.5 Å². The van der Waals surface area contributed by atoms with Crippen LogP contribution in [0.2, 0.25) is 0 Å². The maximum Gasteiger partial charge on any atom is 0.305 e. The van der Waals surface area contributed by atoms with Crippen LogP contribution in [0, 0.1) is 5.92 Å². The minimum Gasteiger partial charge on any atom is -0.481 e. The zero-order valence-electron chi connectivity index (χ0n) is 14.9. The van der Waals surface area contributed by atoms with Gasteiger partial charge in [0, 0.05) is 29.8 Å². The minimum absolute atomic E-state index is 0.0216. The predicted octanol–water partition coefficient (Wildman–Crippen LogP) is 3.40. The molecule has 1 atom stereocenters. The number of ketones is 1. The van der Waals surface area contributed by atoms with Crippen LogP contribution < -0.4 is 5.32 Å². The first-order chi connectivity index (χ1) is 12.9. The topological polar surface area (TPSA) is 83.5 Å². The molecule has 0 radical (unpaired) electrons. The van der Waals surface area contributed by atoms with Gasteiger partial charge >= 0.3 is 5.97 Å². The van der Waals surface area contributed by atoms with Gasteiger partial charge in [-0.2, -0.15) is 0 Å². The van der Waals surface area contributed by atoms with Crippen LogP contribution in [0.5, 0.6) is 0 Å². The molecule has 0 saturated heterocycles. The molecule has 1 amide bonds. The molecule has 0 unspecified atom stereocenters. The molecule has 2 rings (SSSR count). The number of carboxylic acid groups (broad SMARTS) is 1. The molecule has 0 aliphatic carbocycles. The zero-order valence-corrected chi connectivity index (χ0v) is 16.4. The highest BCUT2D eigenvalue weighted by atomic mass is 79.9. The van der Waals surface area contributed by atoms with Gasteiger partial charge in [-0.1, -0.05) is 58.4 Å². The van der Waals surface area contributed by atoms with E-state index in [0.717, 1.165) is 15.6 Å². The molecule has 0 spiro atoms. The second-order valence-corrected chi connectivity index (χ2v) is 7.28. The summed E-state index contributed by atoms with van der Waals surface area (Å²) in [5.74, 6) is -1.80. The van der Waals surface area contributed by atoms with Crippen LogP contribution in [0.4, 0.5) is 0 Å². The zero-order chi connectivity index (χ0) is 19.6. The van der Waals surface area contributed by atoms with Crippen molar-refractivity contribution in [1.29, 1.82) is 0 Å². The van der Waals surface area contributed by atoms with Gasteiger partial charge in [0.15, 0.2) is 0 Å². The Morgan fingerprint density at radius 1 is 0.963 bits per heavy atom. The van der Waals surface area contributed by atoms with Crippen molar-refractivity contribution >= 4 is 33.6 Å². The van der Waals surface area contributed by atoms with E-state index in [9.17, 15) is 14.4 Å². The van der Waals surface area contributed by atoms with E-state index in [0.29, 0.717) is 6.42 Å². The van der Waals surface area contributed by atoms with Crippen molar-refractivity contribution in [1.82, 2.24) is 5.32 Å². The highest BCUT2D eigenvalue weighted by Gasteiger charge is 2.22. The Hall–Kier alpha value is -2.47. The van der Waals surface area contributed by atoms with Gasteiger partial charge < -0.3 is 10.4 Å². The van der Waals surface area contributed by atoms with E-state index in [1.54, 1.807) is 0 Å². The lowest BCUT2D eigenvalue weighted by Gasteiger charge is -2.16. The van der Waals surface area contributed by atoms with Gasteiger partial charge in [-0.3, -0.25) is 14.4 Å². The number of rotatable bonds is 10. The first-order valence-electron chi connectivity index (χ1n) is 8.73. The highest BCUT2D eigenvalue weighted by Crippen LogP contribution is 2.16. The fraction of sp³-hybridized carbons (Fsp3) is 0.286. The first-order valence-corrected chi connectivity index (χ1v) is 9.53. The number of carbonyl (C=O) groups excluding carboxylic acids is 2. The lowest BCUT2D eigenvalue weighted by molar-refractivity contribution is -0.137. The molecule has 0 fully saturated rings. The summed E-state index contributed by atoms with van der Waals surface area (Å²) in [5, 5.41) is 11.4. The highest BCUT2D eigenvalue weighted by molar-refractivity contribution is 9.10. The number of hydrogen-bond acceptors (Lipinski definition) is 3. The van der Waals surface area contributed by atoms with Crippen LogP contribution in [-0.2, 0) is 27.2 Å². The Balaban J connectivity index is 2.01. The number of aliphatic carboxylic acids is 1. The van der Waals surface area contributed by atoms with E-state index >= 15 is 0 Å². The quantitative estimate of drug-likeness (QED) is 0.603. The van der Waals surface area contributed by atoms with E-state index in [1.165, 1.54) is 0 Å². The Kier molecular flexibility index (Phi) is 8.20. The van der Waals surface area contributed by atoms with Gasteiger partial charge in [0.2, 0.25) is 5.91 Å². The molecule has 2 N–H and O–H groups in total. The molecule has 27 heavy (non-hydrogen) atoms.